The van der Waals surface area contributed by atoms with Crippen molar-refractivity contribution >= 4 is 70.5 Å². The molecule has 3 N–H and O–H groups in total. The van der Waals surface area contributed by atoms with Crippen molar-refractivity contribution in [1.29, 1.82) is 0 Å². The Bertz CT molecular complexity index is 2600. The lowest BCUT2D eigenvalue weighted by atomic mass is 10.2. The van der Waals surface area contributed by atoms with Crippen molar-refractivity contribution in [3.8, 4) is 0 Å². The summed E-state index contributed by atoms with van der Waals surface area (Å²) in [7, 11) is 8.87. The van der Waals surface area contributed by atoms with Crippen LogP contribution in [0.2, 0.25) is 0 Å². The molecule has 9 amide bonds. The van der Waals surface area contributed by atoms with E-state index in [4.69, 9.17) is 14.2 Å². The van der Waals surface area contributed by atoms with E-state index in [1.165, 1.54) is 92.5 Å². The molecule has 3 heterocycles. The summed E-state index contributed by atoms with van der Waals surface area (Å²) in [6.07, 6.45) is 9.58. The van der Waals surface area contributed by atoms with Crippen LogP contribution in [0.25, 0.3) is 0 Å². The summed E-state index contributed by atoms with van der Waals surface area (Å²) in [6.45, 7) is 7.51. The molecule has 34 nitrogen and oxygen atoms in total. The van der Waals surface area contributed by atoms with Gasteiger partial charge in [-0.25, -0.2) is 0 Å². The fourth-order valence-electron chi connectivity index (χ4n) is 8.59. The Morgan fingerprint density at radius 2 is 0.617 bits per heavy atom. The lowest BCUT2D eigenvalue weighted by molar-refractivity contribution is -0.140. The molecule has 3 aromatic rings. The van der Waals surface area contributed by atoms with Gasteiger partial charge >= 0.3 is 0 Å². The molecule has 0 aliphatic carbocycles. The normalized spacial score (nSPS) is 11.0. The highest BCUT2D eigenvalue weighted by Gasteiger charge is 2.22. The molecule has 0 aliphatic heterocycles. The minimum atomic E-state index is -0.436. The highest BCUT2D eigenvalue weighted by Crippen LogP contribution is 2.05. The highest BCUT2D eigenvalue weighted by atomic mass is 16.5. The first-order chi connectivity index (χ1) is 44.8. The van der Waals surface area contributed by atoms with Crippen molar-refractivity contribution < 1.29 is 71.7 Å². The molecular weight excluding hydrogens is 1230 g/mol. The zero-order chi connectivity index (χ0) is 69.4. The molecule has 34 heteroatoms. The summed E-state index contributed by atoms with van der Waals surface area (Å²) in [5, 5.41) is 32.6. The molecule has 0 unspecified atom stereocenters. The first-order valence-electron chi connectivity index (χ1n) is 31.6. The number of Topliss-reactive ketones (excluding diaryl/α,β-unsaturated/α-hetero) is 3. The van der Waals surface area contributed by atoms with Gasteiger partial charge in [-0.1, -0.05) is 15.6 Å². The molecule has 524 valence electrons. The van der Waals surface area contributed by atoms with Crippen molar-refractivity contribution in [1.82, 2.24) is 95.2 Å². The average Bonchev–Trinajstić information content (AvgIpc) is 2.63. The molecule has 0 saturated carbocycles. The second kappa shape index (κ2) is 44.9. The number of likely N-dealkylation sites (N-methyl/N-ethyl adjacent to an activating group) is 6. The lowest BCUT2D eigenvalue weighted by Gasteiger charge is -2.23. The summed E-state index contributed by atoms with van der Waals surface area (Å²) in [5.74, 6) is -3.25. The zero-order valence-electron chi connectivity index (χ0n) is 56.3. The molecule has 0 spiro atoms. The van der Waals surface area contributed by atoms with E-state index in [0.29, 0.717) is 134 Å². The minimum absolute atomic E-state index is 0.0253. The zero-order valence-corrected chi connectivity index (χ0v) is 56.3. The molecule has 94 heavy (non-hydrogen) atoms. The number of aromatic nitrogens is 9. The summed E-state index contributed by atoms with van der Waals surface area (Å²) in [4.78, 5) is 159. The predicted octanol–water partition coefficient (Wildman–Crippen LogP) is -2.78. The molecular formula is C60H99N19O15. The van der Waals surface area contributed by atoms with Gasteiger partial charge in [-0.05, 0) is 59.3 Å². The van der Waals surface area contributed by atoms with Gasteiger partial charge in [0.15, 0.2) is 0 Å². The summed E-state index contributed by atoms with van der Waals surface area (Å²) in [5.41, 5.74) is 2.13. The third-order valence-electron chi connectivity index (χ3n) is 14.5. The smallest absolute Gasteiger partial charge is 0.242 e. The van der Waals surface area contributed by atoms with Crippen LogP contribution in [-0.4, -0.2) is 310 Å². The van der Waals surface area contributed by atoms with Crippen molar-refractivity contribution in [2.24, 2.45) is 0 Å². The maximum Gasteiger partial charge on any atom is 0.242 e. The lowest BCUT2D eigenvalue weighted by Crippen LogP contribution is -2.44. The predicted molar refractivity (Wildman–Crippen MR) is 339 cm³/mol. The first kappa shape index (κ1) is 79.7. The van der Waals surface area contributed by atoms with Crippen LogP contribution in [0.15, 0.2) is 18.6 Å². The van der Waals surface area contributed by atoms with Gasteiger partial charge in [0.25, 0.3) is 0 Å². The van der Waals surface area contributed by atoms with E-state index in [9.17, 15) is 57.5 Å². The van der Waals surface area contributed by atoms with Crippen LogP contribution >= 0.6 is 0 Å². The fourth-order valence-corrected chi connectivity index (χ4v) is 8.59. The number of carbonyl (C=O) groups is 12. The van der Waals surface area contributed by atoms with Crippen molar-refractivity contribution in [3.63, 3.8) is 0 Å². The monoisotopic (exact) mass is 1330 g/mol. The van der Waals surface area contributed by atoms with E-state index in [2.05, 4.69) is 46.9 Å². The van der Waals surface area contributed by atoms with Crippen LogP contribution in [0.5, 0.6) is 0 Å². The number of nitrogens with zero attached hydrogens (tertiary/aromatic N) is 16. The van der Waals surface area contributed by atoms with E-state index < -0.39 is 17.7 Å². The van der Waals surface area contributed by atoms with Crippen LogP contribution in [0, 0.1) is 0 Å². The van der Waals surface area contributed by atoms with Gasteiger partial charge < -0.3 is 73.9 Å². The van der Waals surface area contributed by atoms with Crippen molar-refractivity contribution in [2.75, 3.05) is 160 Å². The molecule has 3 aromatic heterocycles. The van der Waals surface area contributed by atoms with Crippen molar-refractivity contribution in [3.05, 3.63) is 35.7 Å². The van der Waals surface area contributed by atoms with Gasteiger partial charge in [0, 0.05) is 139 Å². The van der Waals surface area contributed by atoms with Crippen LogP contribution < -0.4 is 16.0 Å². The summed E-state index contributed by atoms with van der Waals surface area (Å²) >= 11 is 0. The largest absolute Gasteiger partial charge is 0.380 e. The molecule has 0 saturated heterocycles. The van der Waals surface area contributed by atoms with Gasteiger partial charge in [0.1, 0.15) is 17.3 Å². The number of aryl methyl sites for hydroxylation is 6. The number of ketones is 3. The van der Waals surface area contributed by atoms with E-state index >= 15 is 0 Å². The Kier molecular flexibility index (Phi) is 38.1. The molecule has 3 rings (SSSR count). The van der Waals surface area contributed by atoms with E-state index in [-0.39, 0.29) is 151 Å². The minimum Gasteiger partial charge on any atom is -0.380 e. The molecule has 0 radical (unpaired) electrons. The number of carbonyl (C=O) groups excluding carboxylic acids is 12. The van der Waals surface area contributed by atoms with Gasteiger partial charge in [0.05, 0.1) is 115 Å². The Morgan fingerprint density at radius 3 is 0.872 bits per heavy atom. The summed E-state index contributed by atoms with van der Waals surface area (Å²) < 4.78 is 22.4. The SMILES string of the molecule is CC(=O)CCc1cn(CCCNC(=O)CN(C)C(=O)CN(C)C(=O)CCOCCN(CCOCCC(=O)N(C)CC(=O)N(C)CC(=O)NCCCn2cc(CCC(C)=O)nn2)CCOCCC(=O)N(C)CC(=O)N(C)CC(=O)NCCCn2cc(CCC(C)=O)nn2)nn1. The molecule has 0 fully saturated rings. The van der Waals surface area contributed by atoms with E-state index in [1.807, 2.05) is 4.90 Å². The van der Waals surface area contributed by atoms with Gasteiger partial charge in [-0.15, -0.1) is 15.3 Å². The Hall–Kier alpha value is -8.50. The number of hydrogen-bond donors (Lipinski definition) is 3. The van der Waals surface area contributed by atoms with Gasteiger partial charge in [-0.3, -0.25) is 62.1 Å². The summed E-state index contributed by atoms with van der Waals surface area (Å²) in [6, 6.07) is 0. The number of rotatable bonds is 51. The third-order valence-corrected chi connectivity index (χ3v) is 14.5. The Morgan fingerprint density at radius 1 is 0.362 bits per heavy atom. The molecule has 0 aromatic carbocycles. The van der Waals surface area contributed by atoms with Crippen LogP contribution in [-0.2, 0) is 111 Å². The number of amides is 9. The standard InChI is InChI=1S/C60H99N19O15/c1-46(80)13-16-49-37-77(67-64-49)25-10-22-61-52(83)40-70(4)58(89)43-73(7)55(86)19-31-92-34-28-76(29-35-93-32-20-56(87)74(8)44-59(90)71(5)41-53(84)62-23-11-26-78-38-50(65-68-78)17-14-47(2)81)30-36-94-33-21-57(88)75(9)45-60(91)72(6)42-54(85)63-24-12-27-79-39-51(66-69-79)18-15-48(3)82/h37-39H,10-36,40-45H2,1-9H3,(H,61,83)(H,62,84)(H,63,85). The maximum atomic E-state index is 13.0. The van der Waals surface area contributed by atoms with E-state index in [1.54, 1.807) is 32.6 Å². The molecule has 0 bridgehead atoms. The maximum absolute atomic E-state index is 13.0. The Labute approximate surface area is 549 Å². The molecule has 0 atom stereocenters. The molecule has 0 aliphatic rings. The van der Waals surface area contributed by atoms with Crippen molar-refractivity contribution in [2.45, 2.75) is 117 Å². The average molecular weight is 1330 g/mol. The number of nitrogens with one attached hydrogen (secondary N) is 3. The van der Waals surface area contributed by atoms with Crippen LogP contribution in [0.4, 0.5) is 0 Å². The van der Waals surface area contributed by atoms with Gasteiger partial charge in [0.2, 0.25) is 53.2 Å². The van der Waals surface area contributed by atoms with Crippen LogP contribution in [0.1, 0.15) is 95.6 Å². The topological polar surface area (TPSA) is 383 Å². The van der Waals surface area contributed by atoms with Gasteiger partial charge in [-0.2, -0.15) is 0 Å². The first-order valence-corrected chi connectivity index (χ1v) is 31.6. The number of ether oxygens (including phenoxy) is 3. The van der Waals surface area contributed by atoms with E-state index in [0.717, 1.165) is 0 Å². The van der Waals surface area contributed by atoms with Crippen LogP contribution in [0.3, 0.4) is 0 Å². The Balaban J connectivity index is 1.40. The quantitative estimate of drug-likeness (QED) is 0.0481. The second-order valence-corrected chi connectivity index (χ2v) is 23.1. The highest BCUT2D eigenvalue weighted by molar-refractivity contribution is 5.90. The number of hydrogen-bond acceptors (Lipinski definition) is 22. The second-order valence-electron chi connectivity index (χ2n) is 23.1. The third kappa shape index (κ3) is 35.5. The fraction of sp³-hybridized carbons (Fsp3) is 0.700.